The van der Waals surface area contributed by atoms with Gasteiger partial charge in [0.2, 0.25) is 5.91 Å². The lowest BCUT2D eigenvalue weighted by atomic mass is 10.1. The number of carbonyl (C=O) groups excluding carboxylic acids is 1. The van der Waals surface area contributed by atoms with Crippen LogP contribution in [0.5, 0.6) is 0 Å². The number of rotatable bonds is 8. The van der Waals surface area contributed by atoms with E-state index in [-0.39, 0.29) is 11.7 Å². The quantitative estimate of drug-likeness (QED) is 0.694. The monoisotopic (exact) mass is 406 g/mol. The number of benzene rings is 2. The third kappa shape index (κ3) is 6.52. The summed E-state index contributed by atoms with van der Waals surface area (Å²) in [5.74, 6) is 0.377. The fourth-order valence-electron chi connectivity index (χ4n) is 3.18. The van der Waals surface area contributed by atoms with Crippen LogP contribution in [0.15, 0.2) is 42.5 Å². The molecule has 1 aliphatic heterocycles. The number of amides is 1. The van der Waals surface area contributed by atoms with Crippen LogP contribution >= 0.6 is 23.4 Å². The van der Waals surface area contributed by atoms with Gasteiger partial charge in [-0.1, -0.05) is 41.9 Å². The first-order valence-corrected chi connectivity index (χ1v) is 10.7. The Morgan fingerprint density at radius 1 is 1.15 bits per heavy atom. The van der Waals surface area contributed by atoms with Crippen LogP contribution in [0.2, 0.25) is 5.02 Å². The molecule has 0 aliphatic carbocycles. The Kier molecular flexibility index (Phi) is 7.56. The second-order valence-electron chi connectivity index (χ2n) is 6.81. The molecule has 1 saturated heterocycles. The predicted molar refractivity (Wildman–Crippen MR) is 110 cm³/mol. The molecule has 0 spiro atoms. The van der Waals surface area contributed by atoms with Gasteiger partial charge in [0.1, 0.15) is 5.82 Å². The van der Waals surface area contributed by atoms with Gasteiger partial charge in [0.25, 0.3) is 0 Å². The normalized spacial score (nSPS) is 14.4. The van der Waals surface area contributed by atoms with E-state index < -0.39 is 0 Å². The fraction of sp³-hybridized carbons (Fsp3) is 0.381. The zero-order chi connectivity index (χ0) is 19.1. The molecule has 6 heteroatoms. The van der Waals surface area contributed by atoms with Crippen LogP contribution in [0.1, 0.15) is 29.5 Å². The van der Waals surface area contributed by atoms with E-state index in [4.69, 9.17) is 11.6 Å². The highest BCUT2D eigenvalue weighted by molar-refractivity contribution is 7.99. The summed E-state index contributed by atoms with van der Waals surface area (Å²) >= 11 is 7.14. The predicted octanol–water partition coefficient (Wildman–Crippen LogP) is 4.62. The van der Waals surface area contributed by atoms with E-state index in [1.54, 1.807) is 12.1 Å². The van der Waals surface area contributed by atoms with Gasteiger partial charge in [0.15, 0.2) is 0 Å². The number of nitrogens with one attached hydrogen (secondary N) is 1. The molecule has 144 valence electrons. The van der Waals surface area contributed by atoms with Crippen molar-refractivity contribution in [3.63, 3.8) is 0 Å². The van der Waals surface area contributed by atoms with Gasteiger partial charge >= 0.3 is 0 Å². The Hall–Kier alpha value is -1.56. The first kappa shape index (κ1) is 20.2. The van der Waals surface area contributed by atoms with Crippen molar-refractivity contribution in [2.24, 2.45) is 0 Å². The van der Waals surface area contributed by atoms with Gasteiger partial charge in [-0.25, -0.2) is 4.39 Å². The topological polar surface area (TPSA) is 32.3 Å². The molecule has 3 rings (SSSR count). The minimum Gasteiger partial charge on any atom is -0.351 e. The van der Waals surface area contributed by atoms with Crippen LogP contribution in [0.25, 0.3) is 0 Å². The lowest BCUT2D eigenvalue weighted by Crippen LogP contribution is -2.25. The van der Waals surface area contributed by atoms with Gasteiger partial charge in [0, 0.05) is 23.9 Å². The van der Waals surface area contributed by atoms with Crippen molar-refractivity contribution < 1.29 is 9.18 Å². The van der Waals surface area contributed by atoms with Crippen molar-refractivity contribution in [3.05, 3.63) is 70.0 Å². The summed E-state index contributed by atoms with van der Waals surface area (Å²) in [7, 11) is 0. The summed E-state index contributed by atoms with van der Waals surface area (Å²) in [5, 5.41) is 3.32. The first-order valence-electron chi connectivity index (χ1n) is 9.19. The van der Waals surface area contributed by atoms with Crippen LogP contribution in [0, 0.1) is 5.82 Å². The third-order valence-corrected chi connectivity index (χ3v) is 5.81. The minimum atomic E-state index is -0.328. The highest BCUT2D eigenvalue weighted by atomic mass is 35.5. The number of thioether (sulfide) groups is 1. The molecule has 3 nitrogen and oxygen atoms in total. The Balaban J connectivity index is 1.40. The van der Waals surface area contributed by atoms with Crippen molar-refractivity contribution >= 4 is 29.3 Å². The standard InChI is InChI=1S/C21H24ClFN2OS/c22-19-7-6-18(20(23)11-19)14-27-15-21(26)24-12-16-4-3-5-17(10-16)13-25-8-1-2-9-25/h3-7,10-11H,1-2,8-9,12-15H2,(H,24,26). The second kappa shape index (κ2) is 10.1. The maximum atomic E-state index is 13.7. The van der Waals surface area contributed by atoms with Gasteiger partial charge < -0.3 is 5.32 Å². The molecule has 0 bridgehead atoms. The molecule has 0 atom stereocenters. The van der Waals surface area contributed by atoms with E-state index in [1.165, 1.54) is 49.3 Å². The van der Waals surface area contributed by atoms with Crippen LogP contribution in [0.3, 0.4) is 0 Å². The molecule has 1 aliphatic rings. The highest BCUT2D eigenvalue weighted by Gasteiger charge is 2.12. The largest absolute Gasteiger partial charge is 0.351 e. The van der Waals surface area contributed by atoms with Gasteiger partial charge in [0.05, 0.1) is 5.75 Å². The average Bonchev–Trinajstić information content (AvgIpc) is 3.15. The third-order valence-electron chi connectivity index (χ3n) is 4.59. The van der Waals surface area contributed by atoms with E-state index in [9.17, 15) is 9.18 Å². The van der Waals surface area contributed by atoms with Crippen molar-refractivity contribution in [2.45, 2.75) is 31.7 Å². The van der Waals surface area contributed by atoms with Crippen LogP contribution in [-0.4, -0.2) is 29.6 Å². The Labute approximate surface area is 169 Å². The summed E-state index contributed by atoms with van der Waals surface area (Å²) in [5.41, 5.74) is 2.96. The summed E-state index contributed by atoms with van der Waals surface area (Å²) in [4.78, 5) is 14.5. The summed E-state index contributed by atoms with van der Waals surface area (Å²) in [6.07, 6.45) is 2.57. The number of nitrogens with zero attached hydrogens (tertiary/aromatic N) is 1. The lowest BCUT2D eigenvalue weighted by Gasteiger charge is -2.15. The van der Waals surface area contributed by atoms with E-state index in [2.05, 4.69) is 22.3 Å². The zero-order valence-electron chi connectivity index (χ0n) is 15.2. The van der Waals surface area contributed by atoms with Crippen molar-refractivity contribution in [2.75, 3.05) is 18.8 Å². The number of likely N-dealkylation sites (tertiary alicyclic amines) is 1. The molecule has 2 aromatic rings. The molecule has 0 aromatic heterocycles. The van der Waals surface area contributed by atoms with Crippen LogP contribution < -0.4 is 5.32 Å². The van der Waals surface area contributed by atoms with E-state index in [0.717, 1.165) is 12.1 Å². The zero-order valence-corrected chi connectivity index (χ0v) is 16.8. The average molecular weight is 407 g/mol. The molecule has 0 saturated carbocycles. The number of halogens is 2. The molecule has 1 N–H and O–H groups in total. The molecule has 0 unspecified atom stereocenters. The van der Waals surface area contributed by atoms with Crippen molar-refractivity contribution in [1.29, 1.82) is 0 Å². The first-order chi connectivity index (χ1) is 13.1. The molecular formula is C21H24ClFN2OS. The van der Waals surface area contributed by atoms with Gasteiger partial charge in [-0.2, -0.15) is 0 Å². The number of hydrogen-bond acceptors (Lipinski definition) is 3. The maximum Gasteiger partial charge on any atom is 0.230 e. The SMILES string of the molecule is O=C(CSCc1ccc(Cl)cc1F)NCc1cccc(CN2CCCC2)c1. The van der Waals surface area contributed by atoms with Crippen LogP contribution in [0.4, 0.5) is 4.39 Å². The van der Waals surface area contributed by atoms with E-state index in [0.29, 0.717) is 28.6 Å². The number of carbonyl (C=O) groups is 1. The lowest BCUT2D eigenvalue weighted by molar-refractivity contribution is -0.118. The minimum absolute atomic E-state index is 0.0423. The Morgan fingerprint density at radius 3 is 2.70 bits per heavy atom. The van der Waals surface area contributed by atoms with E-state index >= 15 is 0 Å². The molecule has 1 amide bonds. The molecule has 1 fully saturated rings. The summed E-state index contributed by atoms with van der Waals surface area (Å²) in [6.45, 7) is 3.84. The summed E-state index contributed by atoms with van der Waals surface area (Å²) < 4.78 is 13.7. The van der Waals surface area contributed by atoms with E-state index in [1.807, 2.05) is 12.1 Å². The Bertz CT molecular complexity index is 781. The maximum absolute atomic E-state index is 13.7. The highest BCUT2D eigenvalue weighted by Crippen LogP contribution is 2.19. The molecule has 0 radical (unpaired) electrons. The summed E-state index contributed by atoms with van der Waals surface area (Å²) in [6, 6.07) is 13.0. The molecular weight excluding hydrogens is 383 g/mol. The van der Waals surface area contributed by atoms with Gasteiger partial charge in [-0.3, -0.25) is 9.69 Å². The molecule has 1 heterocycles. The van der Waals surface area contributed by atoms with Crippen LogP contribution in [-0.2, 0) is 23.6 Å². The van der Waals surface area contributed by atoms with Crippen molar-refractivity contribution in [3.8, 4) is 0 Å². The Morgan fingerprint density at radius 2 is 1.93 bits per heavy atom. The van der Waals surface area contributed by atoms with Gasteiger partial charge in [-0.15, -0.1) is 11.8 Å². The van der Waals surface area contributed by atoms with Gasteiger partial charge in [-0.05, 0) is 54.8 Å². The van der Waals surface area contributed by atoms with Crippen molar-refractivity contribution in [1.82, 2.24) is 10.2 Å². The smallest absolute Gasteiger partial charge is 0.230 e. The number of hydrogen-bond donors (Lipinski definition) is 1. The molecule has 2 aromatic carbocycles. The second-order valence-corrected chi connectivity index (χ2v) is 8.23. The fourth-order valence-corrected chi connectivity index (χ4v) is 4.18. The molecule has 27 heavy (non-hydrogen) atoms.